The highest BCUT2D eigenvalue weighted by molar-refractivity contribution is 7.99. The summed E-state index contributed by atoms with van der Waals surface area (Å²) in [7, 11) is -2.99. The van der Waals surface area contributed by atoms with Gasteiger partial charge in [0.15, 0.2) is 0 Å². The summed E-state index contributed by atoms with van der Waals surface area (Å²) < 4.78 is 23.3. The maximum absolute atomic E-state index is 13.8. The molecule has 7 nitrogen and oxygen atoms in total. The van der Waals surface area contributed by atoms with Gasteiger partial charge in [-0.25, -0.2) is 4.21 Å². The summed E-state index contributed by atoms with van der Waals surface area (Å²) in [4.78, 5) is 20.7. The van der Waals surface area contributed by atoms with E-state index >= 15 is 0 Å². The lowest BCUT2D eigenvalue weighted by molar-refractivity contribution is -0.0529. The third-order valence-corrected chi connectivity index (χ3v) is 13.8. The van der Waals surface area contributed by atoms with Gasteiger partial charge in [-0.1, -0.05) is 42.8 Å². The number of allylic oxidation sites excluding steroid dienone is 1. The molecular weight excluding hydrogens is 630 g/mol. The maximum Gasteiger partial charge on any atom is 0.262 e. The number of aliphatic hydroxyl groups is 1. The molecule has 7 atom stereocenters. The molecule has 1 unspecified atom stereocenters. The zero-order valence-corrected chi connectivity index (χ0v) is 28.7. The van der Waals surface area contributed by atoms with Crippen LogP contribution in [0.1, 0.15) is 73.1 Å². The Kier molecular flexibility index (Phi) is 8.42. The number of halogens is 1. The first-order valence-corrected chi connectivity index (χ1v) is 19.0. The molecule has 2 aliphatic heterocycles. The second kappa shape index (κ2) is 12.3. The van der Waals surface area contributed by atoms with Crippen LogP contribution in [0, 0.1) is 17.8 Å². The molecule has 3 heterocycles. The fourth-order valence-corrected chi connectivity index (χ4v) is 9.92. The number of pyridine rings is 1. The highest BCUT2D eigenvalue weighted by Gasteiger charge is 2.49. The SMILES string of the molecule is C=S1(=O)NC(=O)c2ccc3c(c2)N(C[C@@H]2CC[C@H]2[C@](O)(c2ccccn2)/C=C/C[C@H](C)[C@H]1C)C[C@@]1(CCCc2cc(Cl)ccc21)CO3. The van der Waals surface area contributed by atoms with Crippen molar-refractivity contribution >= 4 is 38.8 Å². The van der Waals surface area contributed by atoms with Crippen molar-refractivity contribution in [1.82, 2.24) is 9.71 Å². The number of amides is 1. The smallest absolute Gasteiger partial charge is 0.262 e. The summed E-state index contributed by atoms with van der Waals surface area (Å²) in [5, 5.41) is 12.9. The van der Waals surface area contributed by atoms with Crippen molar-refractivity contribution in [3.8, 4) is 5.75 Å². The number of benzene rings is 2. The molecule has 1 saturated carbocycles. The summed E-state index contributed by atoms with van der Waals surface area (Å²) in [6, 6.07) is 17.4. The lowest BCUT2D eigenvalue weighted by atomic mass is 9.63. The predicted molar refractivity (Wildman–Crippen MR) is 190 cm³/mol. The van der Waals surface area contributed by atoms with Gasteiger partial charge < -0.3 is 14.7 Å². The maximum atomic E-state index is 13.8. The fraction of sp³-hybridized carbons (Fsp3) is 0.447. The Labute approximate surface area is 283 Å². The molecule has 2 N–H and O–H groups in total. The largest absolute Gasteiger partial charge is 0.490 e. The predicted octanol–water partition coefficient (Wildman–Crippen LogP) is 6.47. The Balaban J connectivity index is 1.35. The monoisotopic (exact) mass is 673 g/mol. The van der Waals surface area contributed by atoms with Crippen LogP contribution in [0.2, 0.25) is 5.02 Å². The Morgan fingerprint density at radius 2 is 2.00 bits per heavy atom. The Morgan fingerprint density at radius 1 is 1.15 bits per heavy atom. The molecule has 9 heteroatoms. The second-order valence-corrected chi connectivity index (χ2v) is 17.1. The first-order chi connectivity index (χ1) is 22.5. The number of nitrogens with zero attached hydrogens (tertiary/aromatic N) is 2. The molecular formula is C38H44ClN3O4S. The Hall–Kier alpha value is -3.33. The number of carbonyl (C=O) groups is 1. The van der Waals surface area contributed by atoms with Crippen LogP contribution in [-0.4, -0.2) is 51.0 Å². The number of hydrogen-bond acceptors (Lipinski definition) is 6. The van der Waals surface area contributed by atoms with Crippen LogP contribution in [0.5, 0.6) is 5.75 Å². The zero-order valence-electron chi connectivity index (χ0n) is 27.2. The van der Waals surface area contributed by atoms with Gasteiger partial charge in [0.1, 0.15) is 11.4 Å². The molecule has 1 aromatic heterocycles. The molecule has 1 spiro atoms. The van der Waals surface area contributed by atoms with Gasteiger partial charge in [-0.2, -0.15) is 0 Å². The van der Waals surface area contributed by atoms with E-state index < -0.39 is 26.5 Å². The third kappa shape index (κ3) is 5.87. The van der Waals surface area contributed by atoms with E-state index in [0.29, 0.717) is 43.1 Å². The molecule has 7 rings (SSSR count). The number of rotatable bonds is 1. The molecule has 3 aromatic rings. The van der Waals surface area contributed by atoms with Gasteiger partial charge >= 0.3 is 0 Å². The highest BCUT2D eigenvalue weighted by atomic mass is 35.5. The molecule has 1 amide bonds. The van der Waals surface area contributed by atoms with Crippen molar-refractivity contribution in [3.63, 3.8) is 0 Å². The van der Waals surface area contributed by atoms with E-state index in [0.717, 1.165) is 42.8 Å². The average molecular weight is 674 g/mol. The molecule has 2 bridgehead atoms. The summed E-state index contributed by atoms with van der Waals surface area (Å²) >= 11 is 6.45. The molecule has 0 radical (unpaired) electrons. The van der Waals surface area contributed by atoms with E-state index in [1.54, 1.807) is 12.3 Å². The van der Waals surface area contributed by atoms with Crippen molar-refractivity contribution in [2.45, 2.75) is 68.6 Å². The lowest BCUT2D eigenvalue weighted by Crippen LogP contribution is -2.51. The molecule has 248 valence electrons. The number of aromatic nitrogens is 1. The molecule has 2 aliphatic carbocycles. The van der Waals surface area contributed by atoms with Crippen LogP contribution < -0.4 is 14.4 Å². The van der Waals surface area contributed by atoms with E-state index in [9.17, 15) is 14.1 Å². The first kappa shape index (κ1) is 32.2. The van der Waals surface area contributed by atoms with Crippen molar-refractivity contribution in [2.24, 2.45) is 17.8 Å². The van der Waals surface area contributed by atoms with Gasteiger partial charge in [0.2, 0.25) is 0 Å². The summed E-state index contributed by atoms with van der Waals surface area (Å²) in [6.45, 7) is 5.76. The van der Waals surface area contributed by atoms with E-state index in [2.05, 4.69) is 32.6 Å². The minimum atomic E-state index is -2.99. The van der Waals surface area contributed by atoms with Crippen molar-refractivity contribution in [1.29, 1.82) is 0 Å². The topological polar surface area (TPSA) is 91.8 Å². The number of ether oxygens (including phenoxy) is 1. The molecule has 47 heavy (non-hydrogen) atoms. The van der Waals surface area contributed by atoms with E-state index in [1.807, 2.05) is 62.4 Å². The minimum Gasteiger partial charge on any atom is -0.490 e. The molecule has 0 saturated heterocycles. The van der Waals surface area contributed by atoms with Crippen molar-refractivity contribution in [3.05, 3.63) is 100 Å². The van der Waals surface area contributed by atoms with Gasteiger partial charge in [-0.3, -0.25) is 14.5 Å². The van der Waals surface area contributed by atoms with Gasteiger partial charge in [0.25, 0.3) is 5.91 Å². The van der Waals surface area contributed by atoms with Crippen LogP contribution in [-0.2, 0) is 27.1 Å². The first-order valence-electron chi connectivity index (χ1n) is 16.8. The fourth-order valence-electron chi connectivity index (χ4n) is 8.24. The van der Waals surface area contributed by atoms with E-state index in [-0.39, 0.29) is 23.2 Å². The van der Waals surface area contributed by atoms with Crippen LogP contribution in [0.15, 0.2) is 72.9 Å². The number of nitrogens with one attached hydrogen (secondary N) is 1. The van der Waals surface area contributed by atoms with Crippen LogP contribution >= 0.6 is 11.6 Å². The van der Waals surface area contributed by atoms with Gasteiger partial charge in [0, 0.05) is 46.5 Å². The molecule has 1 fully saturated rings. The third-order valence-electron chi connectivity index (χ3n) is 11.4. The number of hydrogen-bond donors (Lipinski definition) is 2. The highest BCUT2D eigenvalue weighted by Crippen LogP contribution is 2.50. The quantitative estimate of drug-likeness (QED) is 0.227. The molecule has 4 aliphatic rings. The normalized spacial score (nSPS) is 34.6. The minimum absolute atomic E-state index is 0.0566. The number of fused-ring (bicyclic) bond motifs is 4. The van der Waals surface area contributed by atoms with Crippen molar-refractivity contribution < 1.29 is 18.8 Å². The summed E-state index contributed by atoms with van der Waals surface area (Å²) in [5.74, 6) is 4.35. The van der Waals surface area contributed by atoms with E-state index in [4.69, 9.17) is 16.3 Å². The van der Waals surface area contributed by atoms with Crippen LogP contribution in [0.4, 0.5) is 5.69 Å². The number of anilines is 1. The van der Waals surface area contributed by atoms with Gasteiger partial charge in [-0.05, 0) is 117 Å². The lowest BCUT2D eigenvalue weighted by Gasteiger charge is -2.49. The Morgan fingerprint density at radius 3 is 2.77 bits per heavy atom. The summed E-state index contributed by atoms with van der Waals surface area (Å²) in [5.41, 5.74) is 2.89. The average Bonchev–Trinajstić information content (AvgIpc) is 3.19. The van der Waals surface area contributed by atoms with E-state index in [1.165, 1.54) is 11.1 Å². The van der Waals surface area contributed by atoms with Crippen molar-refractivity contribution in [2.75, 3.05) is 24.6 Å². The molecule has 2 aromatic carbocycles. The number of carbonyl (C=O) groups excluding carboxylic acids is 1. The Bertz CT molecular complexity index is 1810. The zero-order chi connectivity index (χ0) is 33.0. The number of aryl methyl sites for hydroxylation is 1. The van der Waals surface area contributed by atoms with Gasteiger partial charge in [-0.15, -0.1) is 0 Å². The summed E-state index contributed by atoms with van der Waals surface area (Å²) in [6.07, 6.45) is 11.0. The van der Waals surface area contributed by atoms with Crippen LogP contribution in [0.25, 0.3) is 0 Å². The standard InChI is InChI=1S/C38H44ClN3O4S/c1-25-8-6-18-38(44,35-10-4-5-19-40-35)32-14-11-29(32)22-42-23-37(17-7-9-27-20-30(39)13-15-31(27)37)24-46-34-16-12-28(21-33(34)42)36(43)41-47(3,45)26(25)2/h4-6,10,12-13,15-16,18-21,25-26,29,32,44H,3,7-9,11,14,17,22-24H2,1-2H3,(H,41,43,45)/b18-6+/t25-,26+,29-,32+,37-,38-,47?/m0/s1. The second-order valence-electron chi connectivity index (χ2n) is 14.2. The van der Waals surface area contributed by atoms with Crippen LogP contribution in [0.3, 0.4) is 0 Å². The van der Waals surface area contributed by atoms with Gasteiger partial charge in [0.05, 0.1) is 27.7 Å².